The predicted molar refractivity (Wildman–Crippen MR) is 70.1 cm³/mol. The molecule has 0 atom stereocenters. The monoisotopic (exact) mass is 392 g/mol. The van der Waals surface area contributed by atoms with Crippen molar-refractivity contribution in [3.05, 3.63) is 21.4 Å². The van der Waals surface area contributed by atoms with Crippen molar-refractivity contribution in [2.45, 2.75) is 0 Å². The molecule has 0 aromatic carbocycles. The smallest absolute Gasteiger partial charge is 0.437 e. The molecule has 0 fully saturated rings. The van der Waals surface area contributed by atoms with Gasteiger partial charge in [-0.3, -0.25) is 0 Å². The first-order valence-electron chi connectivity index (χ1n) is 4.64. The van der Waals surface area contributed by atoms with Crippen molar-refractivity contribution in [2.24, 2.45) is 0 Å². The Kier molecular flexibility index (Phi) is 4.64. The summed E-state index contributed by atoms with van der Waals surface area (Å²) in [5.74, 6) is -0.614. The number of nitrogens with zero attached hydrogens (tertiary/aromatic N) is 4. The number of nitriles is 1. The maximum atomic E-state index is 11.1. The molecular formula is C9H5IN4O6. The maximum absolute atomic E-state index is 11.1. The van der Waals surface area contributed by atoms with Crippen LogP contribution in [0.4, 0.5) is 20.2 Å². The Balaban J connectivity index is 3.54. The Morgan fingerprint density at radius 3 is 2.15 bits per heavy atom. The van der Waals surface area contributed by atoms with Crippen LogP contribution in [0.1, 0.15) is 5.56 Å². The van der Waals surface area contributed by atoms with Crippen molar-refractivity contribution < 1.29 is 29.7 Å². The summed E-state index contributed by atoms with van der Waals surface area (Å²) in [4.78, 5) is 36.4. The highest BCUT2D eigenvalue weighted by atomic mass is 127. The summed E-state index contributed by atoms with van der Waals surface area (Å²) in [6.07, 6.45) is -4.90. The largest absolute Gasteiger partial charge is 0.463 e. The number of carbonyl (C=O) groups is 3. The molecule has 0 spiro atoms. The second kappa shape index (κ2) is 6.02. The van der Waals surface area contributed by atoms with Gasteiger partial charge >= 0.3 is 18.3 Å². The molecule has 3 amide bonds. The number of carboxylic acid groups (broad SMARTS) is 3. The van der Waals surface area contributed by atoms with Gasteiger partial charge in [0.1, 0.15) is 11.6 Å². The molecule has 0 saturated carbocycles. The molecule has 0 saturated heterocycles. The first-order valence-corrected chi connectivity index (χ1v) is 5.72. The van der Waals surface area contributed by atoms with Crippen LogP contribution >= 0.6 is 22.6 Å². The number of rotatable bonds is 1. The van der Waals surface area contributed by atoms with Crippen LogP contribution in [0.25, 0.3) is 0 Å². The highest BCUT2D eigenvalue weighted by molar-refractivity contribution is 14.1. The van der Waals surface area contributed by atoms with Crippen molar-refractivity contribution in [1.29, 1.82) is 5.26 Å². The van der Waals surface area contributed by atoms with Crippen molar-refractivity contribution in [3.63, 3.8) is 0 Å². The number of hydrogen-bond acceptors (Lipinski definition) is 5. The van der Waals surface area contributed by atoms with Gasteiger partial charge in [0.25, 0.3) is 0 Å². The number of anilines is 1. The fourth-order valence-corrected chi connectivity index (χ4v) is 1.74. The molecule has 11 heteroatoms. The molecular weight excluding hydrogens is 387 g/mol. The minimum Gasteiger partial charge on any atom is -0.463 e. The van der Waals surface area contributed by atoms with Gasteiger partial charge in [0.2, 0.25) is 0 Å². The normalized spacial score (nSPS) is 9.40. The molecule has 0 bridgehead atoms. The molecule has 0 aliphatic carbocycles. The lowest BCUT2D eigenvalue weighted by molar-refractivity contribution is 0.112. The molecule has 0 unspecified atom stereocenters. The summed E-state index contributed by atoms with van der Waals surface area (Å²) in [6, 6.07) is 3.03. The van der Waals surface area contributed by atoms with E-state index in [1.807, 2.05) is 0 Å². The van der Waals surface area contributed by atoms with E-state index in [-0.39, 0.29) is 14.1 Å². The molecule has 3 N–H and O–H groups in total. The summed E-state index contributed by atoms with van der Waals surface area (Å²) in [5, 5.41) is 34.9. The zero-order valence-corrected chi connectivity index (χ0v) is 11.5. The fraction of sp³-hybridized carbons (Fsp3) is 0. The maximum Gasteiger partial charge on any atom is 0.437 e. The van der Waals surface area contributed by atoms with E-state index in [9.17, 15) is 14.4 Å². The van der Waals surface area contributed by atoms with E-state index >= 15 is 0 Å². The van der Waals surface area contributed by atoms with Gasteiger partial charge in [0, 0.05) is 9.77 Å². The summed E-state index contributed by atoms with van der Waals surface area (Å²) in [6.45, 7) is 0. The van der Waals surface area contributed by atoms with Crippen LogP contribution in [0, 0.1) is 14.9 Å². The number of pyridine rings is 1. The average molecular weight is 392 g/mol. The Morgan fingerprint density at radius 1 is 1.20 bits per heavy atom. The zero-order chi connectivity index (χ0) is 15.4. The Morgan fingerprint density at radius 2 is 1.75 bits per heavy atom. The van der Waals surface area contributed by atoms with Crippen LogP contribution < -0.4 is 5.01 Å². The summed E-state index contributed by atoms with van der Waals surface area (Å²) in [5.41, 5.74) is -0.261. The number of amides is 3. The van der Waals surface area contributed by atoms with Crippen LogP contribution in [0.3, 0.4) is 0 Å². The van der Waals surface area contributed by atoms with Crippen molar-refractivity contribution in [1.82, 2.24) is 9.99 Å². The van der Waals surface area contributed by atoms with Gasteiger partial charge in [-0.2, -0.15) is 10.3 Å². The van der Waals surface area contributed by atoms with E-state index in [1.165, 1.54) is 6.07 Å². The van der Waals surface area contributed by atoms with E-state index < -0.39 is 29.1 Å². The molecule has 1 aromatic rings. The minimum absolute atomic E-state index is 0.134. The van der Waals surface area contributed by atoms with Gasteiger partial charge in [-0.25, -0.2) is 19.4 Å². The zero-order valence-electron chi connectivity index (χ0n) is 9.39. The SMILES string of the molecule is N#Cc1c(I)ccnc1N(C(=O)O)N(C(=O)O)C(=O)O. The average Bonchev–Trinajstić information content (AvgIpc) is 2.34. The van der Waals surface area contributed by atoms with Crippen LogP contribution in [0.15, 0.2) is 12.3 Å². The van der Waals surface area contributed by atoms with E-state index in [0.717, 1.165) is 6.20 Å². The lowest BCUT2D eigenvalue weighted by Crippen LogP contribution is -2.52. The number of aromatic nitrogens is 1. The summed E-state index contributed by atoms with van der Waals surface area (Å²) >= 11 is 1.71. The quantitative estimate of drug-likeness (QED) is 0.481. The summed E-state index contributed by atoms with van der Waals surface area (Å²) < 4.78 is 0.289. The van der Waals surface area contributed by atoms with Gasteiger partial charge in [-0.1, -0.05) is 0 Å². The van der Waals surface area contributed by atoms with E-state index in [1.54, 1.807) is 28.7 Å². The van der Waals surface area contributed by atoms with Crippen molar-refractivity contribution in [3.8, 4) is 6.07 Å². The molecule has 104 valence electrons. The van der Waals surface area contributed by atoms with Crippen LogP contribution in [-0.4, -0.2) is 43.6 Å². The standard InChI is InChI=1S/C9H5IN4O6/c10-5-1-2-12-6(4(5)3-11)13(7(15)16)14(8(17)18)9(19)20/h1-2H,(H,15,16)(H,17,18)(H,19,20). The first kappa shape index (κ1) is 15.4. The molecule has 0 aliphatic heterocycles. The number of hydrogen-bond donors (Lipinski definition) is 3. The topological polar surface area (TPSA) is 155 Å². The van der Waals surface area contributed by atoms with E-state index in [2.05, 4.69) is 4.98 Å². The minimum atomic E-state index is -2.05. The van der Waals surface area contributed by atoms with Gasteiger partial charge in [0.05, 0.1) is 0 Å². The third kappa shape index (κ3) is 2.85. The molecule has 20 heavy (non-hydrogen) atoms. The number of imide groups is 1. The summed E-state index contributed by atoms with van der Waals surface area (Å²) in [7, 11) is 0. The number of hydrazine groups is 1. The molecule has 10 nitrogen and oxygen atoms in total. The third-order valence-corrected chi connectivity index (χ3v) is 2.84. The Hall–Kier alpha value is -2.62. The van der Waals surface area contributed by atoms with E-state index in [0.29, 0.717) is 0 Å². The van der Waals surface area contributed by atoms with Crippen molar-refractivity contribution in [2.75, 3.05) is 5.01 Å². The van der Waals surface area contributed by atoms with Gasteiger partial charge in [0.15, 0.2) is 5.82 Å². The van der Waals surface area contributed by atoms with Gasteiger partial charge in [-0.15, -0.1) is 5.01 Å². The molecule has 1 rings (SSSR count). The molecule has 1 aromatic heterocycles. The Labute approximate surface area is 124 Å². The lowest BCUT2D eigenvalue weighted by atomic mass is 10.3. The second-order valence-corrected chi connectivity index (χ2v) is 4.24. The third-order valence-electron chi connectivity index (χ3n) is 1.94. The molecule has 0 aliphatic rings. The molecule has 0 radical (unpaired) electrons. The highest BCUT2D eigenvalue weighted by Crippen LogP contribution is 2.23. The lowest BCUT2D eigenvalue weighted by Gasteiger charge is -2.25. The van der Waals surface area contributed by atoms with Crippen LogP contribution in [0.2, 0.25) is 0 Å². The van der Waals surface area contributed by atoms with Crippen LogP contribution in [0.5, 0.6) is 0 Å². The van der Waals surface area contributed by atoms with Crippen molar-refractivity contribution >= 4 is 46.7 Å². The molecule has 1 heterocycles. The fourth-order valence-electron chi connectivity index (χ4n) is 1.22. The second-order valence-electron chi connectivity index (χ2n) is 3.07. The number of halogens is 1. The van der Waals surface area contributed by atoms with Crippen LogP contribution in [-0.2, 0) is 0 Å². The first-order chi connectivity index (χ1) is 9.31. The Bertz CT molecular complexity index is 613. The van der Waals surface area contributed by atoms with Gasteiger partial charge in [-0.05, 0) is 28.7 Å². The van der Waals surface area contributed by atoms with E-state index in [4.69, 9.17) is 20.6 Å². The van der Waals surface area contributed by atoms with Gasteiger partial charge < -0.3 is 15.3 Å². The highest BCUT2D eigenvalue weighted by Gasteiger charge is 2.36. The predicted octanol–water partition coefficient (Wildman–Crippen LogP) is 1.62.